The molecular weight excluding hydrogens is 270 g/mol. The van der Waals surface area contributed by atoms with E-state index in [0.29, 0.717) is 18.6 Å². The van der Waals surface area contributed by atoms with Crippen molar-refractivity contribution in [3.8, 4) is 0 Å². The Kier molecular flexibility index (Phi) is 6.68. The maximum atomic E-state index is 11.8. The summed E-state index contributed by atoms with van der Waals surface area (Å²) in [5, 5.41) is 14.8. The second-order valence-electron chi connectivity index (χ2n) is 4.71. The molecule has 0 amide bonds. The van der Waals surface area contributed by atoms with E-state index in [0.717, 1.165) is 5.56 Å². The molecule has 0 spiro atoms. The highest BCUT2D eigenvalue weighted by Gasteiger charge is 2.20. The zero-order chi connectivity index (χ0) is 15.8. The molecule has 0 aliphatic heterocycles. The normalized spacial score (nSPS) is 14.5. The van der Waals surface area contributed by atoms with Crippen molar-refractivity contribution in [2.45, 2.75) is 39.3 Å². The van der Waals surface area contributed by atoms with Gasteiger partial charge in [-0.3, -0.25) is 10.1 Å². The highest BCUT2D eigenvalue weighted by atomic mass is 16.5. The monoisotopic (exact) mass is 293 g/mol. The first-order valence-corrected chi connectivity index (χ1v) is 7.04. The summed E-state index contributed by atoms with van der Waals surface area (Å²) < 4.78 is 5.04. The Morgan fingerprint density at radius 2 is 2.00 bits per heavy atom. The average molecular weight is 293 g/mol. The second-order valence-corrected chi connectivity index (χ2v) is 4.71. The topological polar surface area (TPSA) is 96.9 Å². The van der Waals surface area contributed by atoms with Crippen molar-refractivity contribution >= 4 is 11.8 Å². The molecule has 0 heterocycles. The van der Waals surface area contributed by atoms with Gasteiger partial charge in [-0.2, -0.15) is 0 Å². The van der Waals surface area contributed by atoms with E-state index in [9.17, 15) is 4.79 Å². The van der Waals surface area contributed by atoms with Gasteiger partial charge in [0.2, 0.25) is 0 Å². The lowest BCUT2D eigenvalue weighted by Crippen LogP contribution is -2.39. The van der Waals surface area contributed by atoms with E-state index in [1.807, 2.05) is 26.0 Å². The molecule has 0 aliphatic rings. The summed E-state index contributed by atoms with van der Waals surface area (Å²) in [6, 6.07) is 6.96. The van der Waals surface area contributed by atoms with Gasteiger partial charge in [-0.25, -0.2) is 0 Å². The van der Waals surface area contributed by atoms with Crippen LogP contribution in [0.15, 0.2) is 29.4 Å². The summed E-state index contributed by atoms with van der Waals surface area (Å²) in [6.07, 6.45) is 0.658. The van der Waals surface area contributed by atoms with Crippen LogP contribution in [0.25, 0.3) is 0 Å². The zero-order valence-electron chi connectivity index (χ0n) is 12.7. The lowest BCUT2D eigenvalue weighted by Gasteiger charge is -2.21. The summed E-state index contributed by atoms with van der Waals surface area (Å²) in [4.78, 5) is 11.8. The number of nitrogens with two attached hydrogens (primary N) is 1. The molecule has 1 unspecified atom stereocenters. The Morgan fingerprint density at radius 1 is 1.38 bits per heavy atom. The van der Waals surface area contributed by atoms with Crippen molar-refractivity contribution < 1.29 is 14.7 Å². The van der Waals surface area contributed by atoms with Gasteiger partial charge < -0.3 is 15.7 Å². The van der Waals surface area contributed by atoms with Crippen molar-refractivity contribution in [2.75, 3.05) is 6.61 Å². The van der Waals surface area contributed by atoms with Crippen molar-refractivity contribution in [3.63, 3.8) is 0 Å². The summed E-state index contributed by atoms with van der Waals surface area (Å²) >= 11 is 0. The number of ether oxygens (including phenoxy) is 1. The van der Waals surface area contributed by atoms with Gasteiger partial charge in [-0.15, -0.1) is 0 Å². The van der Waals surface area contributed by atoms with Crippen LogP contribution in [0.2, 0.25) is 0 Å². The number of carbonyl (C=O) groups is 1. The van der Waals surface area contributed by atoms with Crippen LogP contribution in [0.4, 0.5) is 0 Å². The number of rotatable bonds is 7. The summed E-state index contributed by atoms with van der Waals surface area (Å²) in [5.41, 5.74) is 7.17. The minimum atomic E-state index is -0.330. The molecule has 0 saturated heterocycles. The fraction of sp³-hybridized carbons (Fsp3) is 0.467. The molecule has 6 nitrogen and oxygen atoms in total. The maximum absolute atomic E-state index is 11.8. The molecule has 2 atom stereocenters. The van der Waals surface area contributed by atoms with Gasteiger partial charge in [0.1, 0.15) is 6.04 Å². The molecule has 1 aromatic carbocycles. The van der Waals surface area contributed by atoms with E-state index in [2.05, 4.69) is 10.5 Å². The van der Waals surface area contributed by atoms with E-state index < -0.39 is 0 Å². The lowest BCUT2D eigenvalue weighted by atomic mass is 10.0. The summed E-state index contributed by atoms with van der Waals surface area (Å²) in [7, 11) is 0. The number of nitrogens with zero attached hydrogens (tertiary/aromatic N) is 1. The Morgan fingerprint density at radius 3 is 2.48 bits per heavy atom. The summed E-state index contributed by atoms with van der Waals surface area (Å²) in [6.45, 7) is 6.07. The van der Waals surface area contributed by atoms with Crippen LogP contribution in [-0.4, -0.2) is 29.7 Å². The molecule has 4 N–H and O–H groups in total. The molecular formula is C15H23N3O3. The lowest BCUT2D eigenvalue weighted by molar-refractivity contribution is -0.146. The molecule has 0 radical (unpaired) electrons. The molecule has 0 fully saturated rings. The number of nitrogens with one attached hydrogen (secondary N) is 1. The van der Waals surface area contributed by atoms with Gasteiger partial charge in [0.25, 0.3) is 0 Å². The number of benzene rings is 1. The Bertz CT molecular complexity index is 485. The molecule has 0 saturated carbocycles. The molecule has 6 heteroatoms. The fourth-order valence-electron chi connectivity index (χ4n) is 1.99. The minimum Gasteiger partial charge on any atom is -0.465 e. The molecule has 0 aromatic heterocycles. The van der Waals surface area contributed by atoms with Crippen molar-refractivity contribution in [1.29, 1.82) is 0 Å². The van der Waals surface area contributed by atoms with Gasteiger partial charge in [-0.1, -0.05) is 36.3 Å². The first-order chi connectivity index (χ1) is 10.0. The van der Waals surface area contributed by atoms with Crippen molar-refractivity contribution in [3.05, 3.63) is 35.4 Å². The number of hydrogen-bond acceptors (Lipinski definition) is 5. The van der Waals surface area contributed by atoms with Gasteiger partial charge in [-0.05, 0) is 25.8 Å². The summed E-state index contributed by atoms with van der Waals surface area (Å²) in [5.74, 6) is -0.166. The van der Waals surface area contributed by atoms with Gasteiger partial charge in [0.15, 0.2) is 5.84 Å². The van der Waals surface area contributed by atoms with Crippen LogP contribution in [0.5, 0.6) is 0 Å². The number of amidine groups is 1. The van der Waals surface area contributed by atoms with E-state index >= 15 is 0 Å². The van der Waals surface area contributed by atoms with Gasteiger partial charge in [0, 0.05) is 11.6 Å². The minimum absolute atomic E-state index is 0.0132. The quantitative estimate of drug-likeness (QED) is 0.234. The van der Waals surface area contributed by atoms with E-state index in [1.165, 1.54) is 0 Å². The third-order valence-corrected chi connectivity index (χ3v) is 3.24. The second kappa shape index (κ2) is 8.26. The number of carbonyl (C=O) groups excluding carboxylic acids is 1. The first-order valence-electron chi connectivity index (χ1n) is 7.04. The Labute approximate surface area is 125 Å². The average Bonchev–Trinajstić information content (AvgIpc) is 2.51. The van der Waals surface area contributed by atoms with E-state index in [4.69, 9.17) is 15.7 Å². The maximum Gasteiger partial charge on any atom is 0.323 e. The predicted octanol–water partition coefficient (Wildman–Crippen LogP) is 1.77. The molecule has 1 aromatic rings. The molecule has 21 heavy (non-hydrogen) atoms. The van der Waals surface area contributed by atoms with Crippen molar-refractivity contribution in [2.24, 2.45) is 10.9 Å². The van der Waals surface area contributed by atoms with Crippen LogP contribution in [0.3, 0.4) is 0 Å². The van der Waals surface area contributed by atoms with Gasteiger partial charge in [0.05, 0.1) is 6.61 Å². The highest BCUT2D eigenvalue weighted by molar-refractivity contribution is 5.96. The third kappa shape index (κ3) is 4.75. The zero-order valence-corrected chi connectivity index (χ0v) is 12.7. The SMILES string of the molecule is CCOC(=O)[C@@H](CC)NC(C)c1ccc(/C(N)=N\O)cc1. The Balaban J connectivity index is 2.74. The van der Waals surface area contributed by atoms with Crippen LogP contribution in [0.1, 0.15) is 44.4 Å². The van der Waals surface area contributed by atoms with Crippen LogP contribution < -0.4 is 11.1 Å². The Hall–Kier alpha value is -2.08. The molecule has 1 rings (SSSR count). The number of oxime groups is 1. The van der Waals surface area contributed by atoms with Gasteiger partial charge >= 0.3 is 5.97 Å². The third-order valence-electron chi connectivity index (χ3n) is 3.24. The molecule has 0 bridgehead atoms. The van der Waals surface area contributed by atoms with E-state index in [-0.39, 0.29) is 23.9 Å². The van der Waals surface area contributed by atoms with Crippen molar-refractivity contribution in [1.82, 2.24) is 5.32 Å². The molecule has 116 valence electrons. The van der Waals surface area contributed by atoms with Crippen LogP contribution in [0, 0.1) is 0 Å². The van der Waals surface area contributed by atoms with Crippen LogP contribution in [-0.2, 0) is 9.53 Å². The highest BCUT2D eigenvalue weighted by Crippen LogP contribution is 2.15. The van der Waals surface area contributed by atoms with Crippen LogP contribution >= 0.6 is 0 Å². The first kappa shape index (κ1) is 17.0. The number of hydrogen-bond donors (Lipinski definition) is 3. The van der Waals surface area contributed by atoms with E-state index in [1.54, 1.807) is 19.1 Å². The standard InChI is InChI=1S/C15H23N3O3/c1-4-13(15(19)21-5-2)17-10(3)11-6-8-12(9-7-11)14(16)18-20/h6-10,13,17,20H,4-5H2,1-3H3,(H2,16,18)/t10?,13-/m1/s1. The largest absolute Gasteiger partial charge is 0.465 e. The smallest absolute Gasteiger partial charge is 0.323 e. The number of esters is 1. The predicted molar refractivity (Wildman–Crippen MR) is 81.2 cm³/mol. The fourth-order valence-corrected chi connectivity index (χ4v) is 1.99. The molecule has 0 aliphatic carbocycles.